The molecule has 3 N–H and O–H groups in total. The Morgan fingerprint density at radius 3 is 2.58 bits per heavy atom. The van der Waals surface area contributed by atoms with Gasteiger partial charge in [0.2, 0.25) is 0 Å². The number of rotatable bonds is 10. The second-order valence-corrected chi connectivity index (χ2v) is 4.53. The van der Waals surface area contributed by atoms with Gasteiger partial charge in [-0.2, -0.15) is 0 Å². The molecule has 1 aromatic rings. The third-order valence-electron chi connectivity index (χ3n) is 2.54. The van der Waals surface area contributed by atoms with E-state index in [1.807, 2.05) is 18.2 Å². The molecule has 1 aromatic carbocycles. The van der Waals surface area contributed by atoms with Crippen LogP contribution in [0.25, 0.3) is 0 Å². The van der Waals surface area contributed by atoms with Crippen LogP contribution in [0.15, 0.2) is 18.2 Å². The molecule has 0 amide bonds. The summed E-state index contributed by atoms with van der Waals surface area (Å²) in [5, 5.41) is 3.34. The standard InChI is InChI=1S/C15H26N2O2/c1-3-7-18-9-5-6-17-14-10-13(16)11-15(12-14)19-8-4-2/h10-12,17H,3-9,16H2,1-2H3. The highest BCUT2D eigenvalue weighted by Gasteiger charge is 2.00. The second-order valence-electron chi connectivity index (χ2n) is 4.53. The summed E-state index contributed by atoms with van der Waals surface area (Å²) in [5.74, 6) is 0.826. The van der Waals surface area contributed by atoms with Crippen molar-refractivity contribution in [2.75, 3.05) is 37.4 Å². The smallest absolute Gasteiger partial charge is 0.123 e. The molecule has 0 spiro atoms. The van der Waals surface area contributed by atoms with Gasteiger partial charge in [0.05, 0.1) is 6.61 Å². The van der Waals surface area contributed by atoms with E-state index in [2.05, 4.69) is 19.2 Å². The van der Waals surface area contributed by atoms with E-state index in [1.54, 1.807) is 0 Å². The van der Waals surface area contributed by atoms with Crippen molar-refractivity contribution in [2.45, 2.75) is 33.1 Å². The fourth-order valence-corrected chi connectivity index (χ4v) is 1.68. The van der Waals surface area contributed by atoms with Gasteiger partial charge < -0.3 is 20.5 Å². The Morgan fingerprint density at radius 1 is 1.05 bits per heavy atom. The zero-order valence-corrected chi connectivity index (χ0v) is 12.1. The number of nitrogen functional groups attached to an aromatic ring is 1. The normalized spacial score (nSPS) is 10.4. The third-order valence-corrected chi connectivity index (χ3v) is 2.54. The summed E-state index contributed by atoms with van der Waals surface area (Å²) in [6.45, 7) is 7.42. The van der Waals surface area contributed by atoms with E-state index < -0.39 is 0 Å². The summed E-state index contributed by atoms with van der Waals surface area (Å²) in [6, 6.07) is 5.76. The van der Waals surface area contributed by atoms with Crippen LogP contribution in [-0.4, -0.2) is 26.4 Å². The van der Waals surface area contributed by atoms with Crippen LogP contribution in [0.5, 0.6) is 5.75 Å². The number of ether oxygens (including phenoxy) is 2. The van der Waals surface area contributed by atoms with Crippen LogP contribution in [0.2, 0.25) is 0 Å². The van der Waals surface area contributed by atoms with Crippen LogP contribution in [0.4, 0.5) is 11.4 Å². The molecular weight excluding hydrogens is 240 g/mol. The molecule has 0 aliphatic heterocycles. The van der Waals surface area contributed by atoms with Gasteiger partial charge in [-0.05, 0) is 25.3 Å². The maximum atomic E-state index is 5.86. The first-order chi connectivity index (χ1) is 9.26. The maximum Gasteiger partial charge on any atom is 0.123 e. The molecule has 0 heterocycles. The summed E-state index contributed by atoms with van der Waals surface area (Å²) in [5.41, 5.74) is 7.58. The van der Waals surface area contributed by atoms with Crippen molar-refractivity contribution >= 4 is 11.4 Å². The number of nitrogens with one attached hydrogen (secondary N) is 1. The Balaban J connectivity index is 2.34. The fourth-order valence-electron chi connectivity index (χ4n) is 1.68. The van der Waals surface area contributed by atoms with Crippen LogP contribution in [0.1, 0.15) is 33.1 Å². The molecule has 19 heavy (non-hydrogen) atoms. The van der Waals surface area contributed by atoms with E-state index in [1.165, 1.54) is 0 Å². The number of hydrogen-bond donors (Lipinski definition) is 2. The fraction of sp³-hybridized carbons (Fsp3) is 0.600. The number of benzene rings is 1. The molecule has 0 fully saturated rings. The largest absolute Gasteiger partial charge is 0.493 e. The Hall–Kier alpha value is -1.42. The quantitative estimate of drug-likeness (QED) is 0.504. The monoisotopic (exact) mass is 266 g/mol. The minimum absolute atomic E-state index is 0.716. The lowest BCUT2D eigenvalue weighted by molar-refractivity contribution is 0.134. The summed E-state index contributed by atoms with van der Waals surface area (Å²) in [7, 11) is 0. The van der Waals surface area contributed by atoms with Crippen LogP contribution >= 0.6 is 0 Å². The van der Waals surface area contributed by atoms with Gasteiger partial charge in [0.1, 0.15) is 5.75 Å². The Morgan fingerprint density at radius 2 is 1.84 bits per heavy atom. The van der Waals surface area contributed by atoms with Crippen molar-refractivity contribution in [1.29, 1.82) is 0 Å². The van der Waals surface area contributed by atoms with Gasteiger partial charge in [-0.1, -0.05) is 13.8 Å². The zero-order valence-electron chi connectivity index (χ0n) is 12.1. The van der Waals surface area contributed by atoms with E-state index >= 15 is 0 Å². The molecule has 0 atom stereocenters. The minimum atomic E-state index is 0.716. The molecule has 0 bridgehead atoms. The number of hydrogen-bond acceptors (Lipinski definition) is 4. The molecule has 108 valence electrons. The molecule has 0 saturated heterocycles. The van der Waals surface area contributed by atoms with Crippen molar-refractivity contribution in [1.82, 2.24) is 0 Å². The van der Waals surface area contributed by atoms with Crippen molar-refractivity contribution in [3.05, 3.63) is 18.2 Å². The first kappa shape index (κ1) is 15.6. The first-order valence-corrected chi connectivity index (χ1v) is 7.11. The van der Waals surface area contributed by atoms with Crippen LogP contribution in [-0.2, 0) is 4.74 Å². The molecule has 0 aliphatic carbocycles. The predicted octanol–water partition coefficient (Wildman–Crippen LogP) is 3.29. The van der Waals surface area contributed by atoms with Crippen molar-refractivity contribution < 1.29 is 9.47 Å². The van der Waals surface area contributed by atoms with E-state index in [9.17, 15) is 0 Å². The van der Waals surface area contributed by atoms with Gasteiger partial charge in [0.15, 0.2) is 0 Å². The van der Waals surface area contributed by atoms with Gasteiger partial charge in [-0.25, -0.2) is 0 Å². The van der Waals surface area contributed by atoms with Crippen molar-refractivity contribution in [3.63, 3.8) is 0 Å². The van der Waals surface area contributed by atoms with Crippen LogP contribution in [0.3, 0.4) is 0 Å². The first-order valence-electron chi connectivity index (χ1n) is 7.11. The van der Waals surface area contributed by atoms with E-state index in [0.29, 0.717) is 6.61 Å². The third kappa shape index (κ3) is 6.91. The van der Waals surface area contributed by atoms with Crippen molar-refractivity contribution in [2.24, 2.45) is 0 Å². The molecule has 0 saturated carbocycles. The summed E-state index contributed by atoms with van der Waals surface area (Å²) < 4.78 is 11.0. The lowest BCUT2D eigenvalue weighted by atomic mass is 10.2. The molecule has 4 heteroatoms. The summed E-state index contributed by atoms with van der Waals surface area (Å²) in [6.07, 6.45) is 3.05. The highest BCUT2D eigenvalue weighted by atomic mass is 16.5. The molecule has 1 rings (SSSR count). The Kier molecular flexibility index (Phi) is 7.82. The highest BCUT2D eigenvalue weighted by molar-refractivity contribution is 5.59. The molecule has 0 unspecified atom stereocenters. The Labute approximate surface area is 116 Å². The predicted molar refractivity (Wildman–Crippen MR) is 80.9 cm³/mol. The van der Waals surface area contributed by atoms with Gasteiger partial charge in [0.25, 0.3) is 0 Å². The lowest BCUT2D eigenvalue weighted by Crippen LogP contribution is -2.07. The SMILES string of the molecule is CCCOCCCNc1cc(N)cc(OCCC)c1. The maximum absolute atomic E-state index is 5.86. The Bertz CT molecular complexity index is 356. The van der Waals surface area contributed by atoms with Gasteiger partial charge >= 0.3 is 0 Å². The van der Waals surface area contributed by atoms with Crippen LogP contribution in [0, 0.1) is 0 Å². The van der Waals surface area contributed by atoms with E-state index in [-0.39, 0.29) is 0 Å². The second kappa shape index (κ2) is 9.50. The highest BCUT2D eigenvalue weighted by Crippen LogP contribution is 2.22. The lowest BCUT2D eigenvalue weighted by Gasteiger charge is -2.11. The molecule has 0 aromatic heterocycles. The minimum Gasteiger partial charge on any atom is -0.493 e. The van der Waals surface area contributed by atoms with Gasteiger partial charge in [0, 0.05) is 43.3 Å². The summed E-state index contributed by atoms with van der Waals surface area (Å²) in [4.78, 5) is 0. The van der Waals surface area contributed by atoms with Gasteiger partial charge in [-0.15, -0.1) is 0 Å². The zero-order chi connectivity index (χ0) is 13.9. The molecular formula is C15H26N2O2. The number of nitrogens with two attached hydrogens (primary N) is 1. The molecule has 4 nitrogen and oxygen atoms in total. The average molecular weight is 266 g/mol. The van der Waals surface area contributed by atoms with Crippen molar-refractivity contribution in [3.8, 4) is 5.75 Å². The number of anilines is 2. The van der Waals surface area contributed by atoms with Crippen LogP contribution < -0.4 is 15.8 Å². The van der Waals surface area contributed by atoms with E-state index in [0.717, 1.165) is 56.1 Å². The topological polar surface area (TPSA) is 56.5 Å². The average Bonchev–Trinajstić information content (AvgIpc) is 2.40. The molecule has 0 aliphatic rings. The summed E-state index contributed by atoms with van der Waals surface area (Å²) >= 11 is 0. The van der Waals surface area contributed by atoms with E-state index in [4.69, 9.17) is 15.2 Å². The molecule has 0 radical (unpaired) electrons. The van der Waals surface area contributed by atoms with Gasteiger partial charge in [-0.3, -0.25) is 0 Å².